The summed E-state index contributed by atoms with van der Waals surface area (Å²) in [4.78, 5) is 9.13. The van der Waals surface area contributed by atoms with Gasteiger partial charge in [-0.1, -0.05) is 26.0 Å². The third kappa shape index (κ3) is 2.77. The van der Waals surface area contributed by atoms with Crippen molar-refractivity contribution in [3.05, 3.63) is 41.9 Å². The van der Waals surface area contributed by atoms with Gasteiger partial charge in [0.25, 0.3) is 0 Å². The van der Waals surface area contributed by atoms with Gasteiger partial charge in [0.2, 0.25) is 0 Å². The summed E-state index contributed by atoms with van der Waals surface area (Å²) in [6.45, 7) is 4.64. The first-order chi connectivity index (χ1) is 10.2. The van der Waals surface area contributed by atoms with Crippen LogP contribution in [0.15, 0.2) is 30.3 Å². The molecule has 0 saturated heterocycles. The van der Waals surface area contributed by atoms with Crippen LogP contribution in [0.1, 0.15) is 37.4 Å². The summed E-state index contributed by atoms with van der Waals surface area (Å²) in [5.41, 5.74) is 0.992. The molecule has 1 aliphatic rings. The third-order valence-corrected chi connectivity index (χ3v) is 3.41. The highest BCUT2D eigenvalue weighted by molar-refractivity contribution is 5.41. The molecule has 0 aliphatic carbocycles. The Kier molecular flexibility index (Phi) is 3.64. The monoisotopic (exact) mass is 285 g/mol. The normalized spacial score (nSPS) is 16.9. The van der Waals surface area contributed by atoms with Crippen LogP contribution in [0, 0.1) is 0 Å². The number of ether oxygens (including phenoxy) is 2. The van der Waals surface area contributed by atoms with E-state index >= 15 is 0 Å². The molecule has 1 aliphatic heterocycles. The molecule has 110 valence electrons. The Labute approximate surface area is 124 Å². The molecule has 1 aromatic heterocycles. The van der Waals surface area contributed by atoms with E-state index < -0.39 is 0 Å². The Bertz CT molecular complexity index is 643. The van der Waals surface area contributed by atoms with Crippen LogP contribution >= 0.6 is 0 Å². The van der Waals surface area contributed by atoms with E-state index in [9.17, 15) is 0 Å². The number of hydrogen-bond donors (Lipinski definition) is 1. The summed E-state index contributed by atoms with van der Waals surface area (Å²) >= 11 is 0. The molecular formula is C16H19N3O2. The van der Waals surface area contributed by atoms with E-state index in [1.165, 1.54) is 0 Å². The maximum atomic E-state index is 5.97. The maximum absolute atomic E-state index is 5.97. The second-order valence-electron chi connectivity index (χ2n) is 5.31. The third-order valence-electron chi connectivity index (χ3n) is 3.41. The zero-order chi connectivity index (χ0) is 14.8. The molecule has 0 amide bonds. The Morgan fingerprint density at radius 2 is 1.95 bits per heavy atom. The molecule has 1 unspecified atom stereocenters. The van der Waals surface area contributed by atoms with Crippen molar-refractivity contribution in [2.75, 3.05) is 19.0 Å². The van der Waals surface area contributed by atoms with Gasteiger partial charge in [0.05, 0.1) is 0 Å². The molecule has 5 nitrogen and oxygen atoms in total. The molecule has 5 heteroatoms. The lowest BCUT2D eigenvalue weighted by atomic mass is 10.1. The number of para-hydroxylation sites is 2. The fraction of sp³-hybridized carbons (Fsp3) is 0.375. The first-order valence-corrected chi connectivity index (χ1v) is 7.12. The van der Waals surface area contributed by atoms with Crippen molar-refractivity contribution >= 4 is 5.82 Å². The van der Waals surface area contributed by atoms with Crippen molar-refractivity contribution in [3.8, 4) is 11.5 Å². The van der Waals surface area contributed by atoms with Gasteiger partial charge in [0, 0.05) is 18.8 Å². The van der Waals surface area contributed by atoms with Gasteiger partial charge in [-0.15, -0.1) is 0 Å². The number of anilines is 1. The number of hydrogen-bond acceptors (Lipinski definition) is 5. The summed E-state index contributed by atoms with van der Waals surface area (Å²) in [5, 5.41) is 3.07. The topological polar surface area (TPSA) is 56.3 Å². The van der Waals surface area contributed by atoms with Gasteiger partial charge >= 0.3 is 0 Å². The van der Waals surface area contributed by atoms with Crippen molar-refractivity contribution in [3.63, 3.8) is 0 Å². The van der Waals surface area contributed by atoms with Crippen molar-refractivity contribution < 1.29 is 9.47 Å². The summed E-state index contributed by atoms with van der Waals surface area (Å²) in [6, 6.07) is 9.61. The average molecular weight is 285 g/mol. The van der Waals surface area contributed by atoms with Crippen LogP contribution in [0.3, 0.4) is 0 Å². The lowest BCUT2D eigenvalue weighted by Crippen LogP contribution is -2.24. The highest BCUT2D eigenvalue weighted by Gasteiger charge is 2.25. The molecule has 0 radical (unpaired) electrons. The van der Waals surface area contributed by atoms with E-state index in [1.54, 1.807) is 0 Å². The van der Waals surface area contributed by atoms with E-state index in [0.29, 0.717) is 18.3 Å². The Morgan fingerprint density at radius 3 is 2.67 bits per heavy atom. The van der Waals surface area contributed by atoms with E-state index in [0.717, 1.165) is 23.0 Å². The van der Waals surface area contributed by atoms with Crippen LogP contribution in [0.4, 0.5) is 5.82 Å². The van der Waals surface area contributed by atoms with Gasteiger partial charge in [-0.25, -0.2) is 9.97 Å². The van der Waals surface area contributed by atoms with E-state index in [-0.39, 0.29) is 6.10 Å². The molecule has 1 N–H and O–H groups in total. The molecule has 0 bridgehead atoms. The fourth-order valence-electron chi connectivity index (χ4n) is 2.20. The minimum atomic E-state index is -0.286. The van der Waals surface area contributed by atoms with Gasteiger partial charge in [-0.2, -0.15) is 0 Å². The zero-order valence-corrected chi connectivity index (χ0v) is 12.5. The van der Waals surface area contributed by atoms with Crippen LogP contribution in [-0.4, -0.2) is 23.6 Å². The Morgan fingerprint density at radius 1 is 1.19 bits per heavy atom. The lowest BCUT2D eigenvalue weighted by Gasteiger charge is -2.26. The van der Waals surface area contributed by atoms with Crippen molar-refractivity contribution in [2.45, 2.75) is 25.9 Å². The van der Waals surface area contributed by atoms with Gasteiger partial charge < -0.3 is 14.8 Å². The minimum absolute atomic E-state index is 0.286. The first-order valence-electron chi connectivity index (χ1n) is 7.12. The molecule has 1 aromatic carbocycles. The van der Waals surface area contributed by atoms with Crippen molar-refractivity contribution in [2.24, 2.45) is 0 Å². The van der Waals surface area contributed by atoms with E-state index in [4.69, 9.17) is 9.47 Å². The molecule has 0 saturated carbocycles. The van der Waals surface area contributed by atoms with Crippen LogP contribution in [0.5, 0.6) is 11.5 Å². The van der Waals surface area contributed by atoms with Crippen molar-refractivity contribution in [1.29, 1.82) is 0 Å². The molecular weight excluding hydrogens is 266 g/mol. The van der Waals surface area contributed by atoms with Gasteiger partial charge in [-0.05, 0) is 18.1 Å². The van der Waals surface area contributed by atoms with Gasteiger partial charge in [0.1, 0.15) is 12.4 Å². The molecule has 3 rings (SSSR count). The zero-order valence-electron chi connectivity index (χ0n) is 12.5. The number of aromatic nitrogens is 2. The predicted molar refractivity (Wildman–Crippen MR) is 81.0 cm³/mol. The molecule has 21 heavy (non-hydrogen) atoms. The average Bonchev–Trinajstić information content (AvgIpc) is 2.53. The summed E-state index contributed by atoms with van der Waals surface area (Å²) in [7, 11) is 1.85. The van der Waals surface area contributed by atoms with E-state index in [2.05, 4.69) is 29.1 Å². The highest BCUT2D eigenvalue weighted by Crippen LogP contribution is 2.35. The fourth-order valence-corrected chi connectivity index (χ4v) is 2.20. The molecule has 2 heterocycles. The Balaban J connectivity index is 1.92. The van der Waals surface area contributed by atoms with Crippen molar-refractivity contribution in [1.82, 2.24) is 9.97 Å². The predicted octanol–water partition coefficient (Wildman–Crippen LogP) is 3.15. The number of rotatable bonds is 3. The largest absolute Gasteiger partial charge is 0.485 e. The van der Waals surface area contributed by atoms with Crippen LogP contribution < -0.4 is 14.8 Å². The number of nitrogens with one attached hydrogen (secondary N) is 1. The maximum Gasteiger partial charge on any atom is 0.192 e. The van der Waals surface area contributed by atoms with E-state index in [1.807, 2.05) is 37.4 Å². The summed E-state index contributed by atoms with van der Waals surface area (Å²) < 4.78 is 11.7. The minimum Gasteiger partial charge on any atom is -0.485 e. The SMILES string of the molecule is CNc1cc(C(C)C)nc(C2COc3ccccc3O2)n1. The number of fused-ring (bicyclic) bond motifs is 1. The number of benzene rings is 1. The number of nitrogens with zero attached hydrogens (tertiary/aromatic N) is 2. The van der Waals surface area contributed by atoms with Gasteiger partial charge in [-0.3, -0.25) is 0 Å². The van der Waals surface area contributed by atoms with Gasteiger partial charge in [0.15, 0.2) is 23.4 Å². The first kappa shape index (κ1) is 13.7. The van der Waals surface area contributed by atoms with Crippen LogP contribution in [0.2, 0.25) is 0 Å². The lowest BCUT2D eigenvalue weighted by molar-refractivity contribution is 0.0849. The molecule has 0 spiro atoms. The second-order valence-corrected chi connectivity index (χ2v) is 5.31. The van der Waals surface area contributed by atoms with Crippen LogP contribution in [-0.2, 0) is 0 Å². The molecule has 2 aromatic rings. The highest BCUT2D eigenvalue weighted by atomic mass is 16.6. The quantitative estimate of drug-likeness (QED) is 0.938. The smallest absolute Gasteiger partial charge is 0.192 e. The molecule has 0 fully saturated rings. The Hall–Kier alpha value is -2.30. The molecule has 1 atom stereocenters. The summed E-state index contributed by atoms with van der Waals surface area (Å²) in [5.74, 6) is 3.28. The summed E-state index contributed by atoms with van der Waals surface area (Å²) in [6.07, 6.45) is -0.286. The van der Waals surface area contributed by atoms with Crippen LogP contribution in [0.25, 0.3) is 0 Å². The standard InChI is InChI=1S/C16H19N3O2/c1-10(2)11-8-15(17-3)19-16(18-11)14-9-20-12-6-4-5-7-13(12)21-14/h4-8,10,14H,9H2,1-3H3,(H,17,18,19). The second kappa shape index (κ2) is 5.60.